The standard InChI is InChI=1S/C16H17N3O5/c1-4-19-8-9(16(21)22)14(20)12-10(19)7-11(23-5-2)15(24-6-3)13(12)18-17/h7-8H,4-6H2,1-3H3/p+1. The minimum absolute atomic E-state index is 0.0221. The van der Waals surface area contributed by atoms with Gasteiger partial charge in [0, 0.05) is 18.8 Å². The van der Waals surface area contributed by atoms with Crippen LogP contribution in [0.2, 0.25) is 0 Å². The van der Waals surface area contributed by atoms with E-state index in [9.17, 15) is 20.1 Å². The number of carboxylic acids is 1. The average molecular weight is 332 g/mol. The largest absolute Gasteiger partial charge is 0.490 e. The molecule has 0 aliphatic carbocycles. The van der Waals surface area contributed by atoms with E-state index in [0.29, 0.717) is 24.4 Å². The van der Waals surface area contributed by atoms with Gasteiger partial charge in [-0.1, -0.05) is 0 Å². The molecule has 1 heterocycles. The minimum atomic E-state index is -1.35. The maximum atomic E-state index is 12.6. The van der Waals surface area contributed by atoms with Crippen molar-refractivity contribution in [2.75, 3.05) is 13.2 Å². The van der Waals surface area contributed by atoms with Crippen molar-refractivity contribution < 1.29 is 19.4 Å². The van der Waals surface area contributed by atoms with Gasteiger partial charge in [-0.2, -0.15) is 0 Å². The summed E-state index contributed by atoms with van der Waals surface area (Å²) in [6.45, 7) is 6.35. The highest BCUT2D eigenvalue weighted by atomic mass is 16.5. The van der Waals surface area contributed by atoms with Crippen molar-refractivity contribution in [3.05, 3.63) is 33.0 Å². The highest BCUT2D eigenvalue weighted by molar-refractivity contribution is 6.01. The van der Waals surface area contributed by atoms with Gasteiger partial charge in [-0.25, -0.2) is 4.79 Å². The highest BCUT2D eigenvalue weighted by Gasteiger charge is 2.31. The fourth-order valence-electron chi connectivity index (χ4n) is 2.54. The second-order valence-electron chi connectivity index (χ2n) is 4.88. The van der Waals surface area contributed by atoms with Crippen molar-refractivity contribution in [2.45, 2.75) is 27.3 Å². The average Bonchev–Trinajstić information content (AvgIpc) is 2.56. The van der Waals surface area contributed by atoms with Crippen molar-refractivity contribution >= 4 is 22.6 Å². The number of aromatic nitrogens is 1. The number of benzene rings is 1. The molecule has 0 aliphatic heterocycles. The number of pyridine rings is 1. The van der Waals surface area contributed by atoms with Crippen LogP contribution in [0.4, 0.5) is 5.69 Å². The Morgan fingerprint density at radius 3 is 2.46 bits per heavy atom. The Hall–Kier alpha value is -3.08. The molecular formula is C16H18N3O5+. The molecule has 2 rings (SSSR count). The zero-order valence-electron chi connectivity index (χ0n) is 13.7. The summed E-state index contributed by atoms with van der Waals surface area (Å²) < 4.78 is 12.6. The zero-order chi connectivity index (χ0) is 17.9. The Morgan fingerprint density at radius 2 is 1.96 bits per heavy atom. The molecule has 0 spiro atoms. The van der Waals surface area contributed by atoms with Crippen LogP contribution in [0.15, 0.2) is 17.1 Å². The summed E-state index contributed by atoms with van der Waals surface area (Å²) in [5.41, 5.74) is -0.861. The Labute approximate surface area is 137 Å². The molecule has 24 heavy (non-hydrogen) atoms. The molecule has 0 saturated heterocycles. The Bertz CT molecular complexity index is 895. The Kier molecular flexibility index (Phi) is 5.04. The van der Waals surface area contributed by atoms with Crippen molar-refractivity contribution in [3.8, 4) is 11.5 Å². The van der Waals surface area contributed by atoms with Gasteiger partial charge in [-0.05, 0) is 20.8 Å². The topological polar surface area (TPSA) is 106 Å². The minimum Gasteiger partial charge on any atom is -0.490 e. The second-order valence-corrected chi connectivity index (χ2v) is 4.88. The molecule has 2 aromatic rings. The monoisotopic (exact) mass is 332 g/mol. The summed E-state index contributed by atoms with van der Waals surface area (Å²) in [7, 11) is 0. The summed E-state index contributed by atoms with van der Waals surface area (Å²) in [5.74, 6) is -0.916. The molecule has 1 aromatic heterocycles. The predicted molar refractivity (Wildman–Crippen MR) is 87.9 cm³/mol. The lowest BCUT2D eigenvalue weighted by molar-refractivity contribution is 0.0695. The number of carboxylic acid groups (broad SMARTS) is 1. The van der Waals surface area contributed by atoms with Crippen molar-refractivity contribution in [3.63, 3.8) is 0 Å². The maximum absolute atomic E-state index is 12.6. The first-order valence-corrected chi connectivity index (χ1v) is 7.58. The van der Waals surface area contributed by atoms with E-state index in [1.165, 1.54) is 6.20 Å². The Morgan fingerprint density at radius 1 is 1.29 bits per heavy atom. The van der Waals surface area contributed by atoms with Crippen molar-refractivity contribution in [1.29, 1.82) is 5.39 Å². The third-order valence-electron chi connectivity index (χ3n) is 3.53. The molecule has 1 aromatic carbocycles. The number of rotatable bonds is 6. The second kappa shape index (κ2) is 7.00. The number of fused-ring (bicyclic) bond motifs is 1. The van der Waals surface area contributed by atoms with E-state index in [2.05, 4.69) is 4.98 Å². The summed E-state index contributed by atoms with van der Waals surface area (Å²) >= 11 is 0. The van der Waals surface area contributed by atoms with E-state index < -0.39 is 17.0 Å². The van der Waals surface area contributed by atoms with E-state index in [1.54, 1.807) is 24.5 Å². The summed E-state index contributed by atoms with van der Waals surface area (Å²) in [6, 6.07) is 1.59. The van der Waals surface area contributed by atoms with Crippen LogP contribution >= 0.6 is 0 Å². The van der Waals surface area contributed by atoms with Crippen LogP contribution < -0.4 is 14.9 Å². The molecule has 126 valence electrons. The molecule has 0 bridgehead atoms. The molecule has 8 nitrogen and oxygen atoms in total. The third-order valence-corrected chi connectivity index (χ3v) is 3.53. The number of diazo groups is 1. The lowest BCUT2D eigenvalue weighted by Crippen LogP contribution is -2.19. The predicted octanol–water partition coefficient (Wildman–Crippen LogP) is 3.00. The molecule has 0 saturated carbocycles. The van der Waals surface area contributed by atoms with Gasteiger partial charge >= 0.3 is 11.7 Å². The lowest BCUT2D eigenvalue weighted by atomic mass is 10.1. The molecular weight excluding hydrogens is 314 g/mol. The lowest BCUT2D eigenvalue weighted by Gasteiger charge is -2.13. The van der Waals surface area contributed by atoms with E-state index in [1.807, 2.05) is 6.92 Å². The van der Waals surface area contributed by atoms with E-state index in [-0.39, 0.29) is 23.4 Å². The van der Waals surface area contributed by atoms with E-state index in [4.69, 9.17) is 9.47 Å². The van der Waals surface area contributed by atoms with E-state index >= 15 is 0 Å². The first-order chi connectivity index (χ1) is 11.5. The highest BCUT2D eigenvalue weighted by Crippen LogP contribution is 2.42. The number of hydrogen-bond acceptors (Lipinski definition) is 5. The summed E-state index contributed by atoms with van der Waals surface area (Å²) in [5, 5.41) is 18.7. The number of hydrogen-bond donors (Lipinski definition) is 1. The number of nitrogens with zero attached hydrogens (tertiary/aromatic N) is 3. The first kappa shape index (κ1) is 17.3. The van der Waals surface area contributed by atoms with E-state index in [0.717, 1.165) is 0 Å². The van der Waals surface area contributed by atoms with Crippen LogP contribution in [0.1, 0.15) is 31.1 Å². The van der Waals surface area contributed by atoms with Gasteiger partial charge in [0.1, 0.15) is 10.9 Å². The fourth-order valence-corrected chi connectivity index (χ4v) is 2.54. The van der Waals surface area contributed by atoms with Crippen molar-refractivity contribution in [1.82, 2.24) is 4.57 Å². The smallest absolute Gasteiger partial charge is 0.443 e. The SMILES string of the molecule is CCOc1cc2c(c([N+]#N)c1OCC)c(=O)c(C(=O)O)cn2CC. The molecule has 0 fully saturated rings. The van der Waals surface area contributed by atoms with Crippen LogP contribution in [0, 0.1) is 5.39 Å². The van der Waals surface area contributed by atoms with Crippen molar-refractivity contribution in [2.24, 2.45) is 0 Å². The van der Waals surface area contributed by atoms with Crippen LogP contribution in [0.25, 0.3) is 15.9 Å². The first-order valence-electron chi connectivity index (χ1n) is 7.58. The molecule has 0 atom stereocenters. The molecule has 0 aliphatic rings. The third kappa shape index (κ3) is 2.76. The van der Waals surface area contributed by atoms with Crippen LogP contribution in [0.5, 0.6) is 11.5 Å². The maximum Gasteiger partial charge on any atom is 0.443 e. The number of carbonyl (C=O) groups is 1. The number of aromatic carboxylic acids is 1. The molecule has 0 unspecified atom stereocenters. The zero-order valence-corrected chi connectivity index (χ0v) is 13.7. The Balaban J connectivity index is 3.05. The van der Waals surface area contributed by atoms with Crippen LogP contribution in [0.3, 0.4) is 0 Å². The number of aryl methyl sites for hydroxylation is 1. The van der Waals surface area contributed by atoms with Crippen LogP contribution in [-0.2, 0) is 6.54 Å². The van der Waals surface area contributed by atoms with Gasteiger partial charge in [0.25, 0.3) is 5.75 Å². The van der Waals surface area contributed by atoms with Gasteiger partial charge in [0.05, 0.1) is 18.7 Å². The molecule has 1 N–H and O–H groups in total. The van der Waals surface area contributed by atoms with Crippen LogP contribution in [-0.4, -0.2) is 28.9 Å². The molecule has 8 heteroatoms. The quantitative estimate of drug-likeness (QED) is 0.815. The fraction of sp³-hybridized carbons (Fsp3) is 0.375. The number of ether oxygens (including phenoxy) is 2. The van der Waals surface area contributed by atoms with Gasteiger partial charge in [-0.15, -0.1) is 0 Å². The molecule has 0 radical (unpaired) electrons. The summed E-state index contributed by atoms with van der Waals surface area (Å²) in [6.07, 6.45) is 1.27. The normalized spacial score (nSPS) is 10.4. The van der Waals surface area contributed by atoms with Gasteiger partial charge < -0.3 is 19.1 Å². The molecule has 0 amide bonds. The van der Waals surface area contributed by atoms with Gasteiger partial charge in [0.2, 0.25) is 10.8 Å². The van der Waals surface area contributed by atoms with Gasteiger partial charge in [0.15, 0.2) is 10.7 Å². The summed E-state index contributed by atoms with van der Waals surface area (Å²) in [4.78, 5) is 27.1. The van der Waals surface area contributed by atoms with Gasteiger partial charge in [-0.3, -0.25) is 4.79 Å².